The van der Waals surface area contributed by atoms with Gasteiger partial charge in [-0.3, -0.25) is 14.4 Å². The number of hydrogen-bond donors (Lipinski definition) is 0. The molecule has 1 fully saturated rings. The van der Waals surface area contributed by atoms with E-state index in [1.165, 1.54) is 6.92 Å². The molecule has 0 amide bonds. The van der Waals surface area contributed by atoms with Crippen molar-refractivity contribution in [3.05, 3.63) is 0 Å². The van der Waals surface area contributed by atoms with Crippen LogP contribution in [0.1, 0.15) is 20.8 Å². The summed E-state index contributed by atoms with van der Waals surface area (Å²) in [7, 11) is 0. The molecule has 1 aliphatic rings. The van der Waals surface area contributed by atoms with Crippen LogP contribution in [0.2, 0.25) is 0 Å². The molecule has 1 saturated heterocycles. The van der Waals surface area contributed by atoms with Gasteiger partial charge in [-0.25, -0.2) is 4.39 Å². The number of esters is 3. The second kappa shape index (κ2) is 7.87. The lowest BCUT2D eigenvalue weighted by molar-refractivity contribution is -0.229. The normalized spacial score (nSPS) is 32.1. The summed E-state index contributed by atoms with van der Waals surface area (Å²) in [6, 6.07) is 0. The van der Waals surface area contributed by atoms with Crippen LogP contribution in [0.5, 0.6) is 0 Å². The van der Waals surface area contributed by atoms with Gasteiger partial charge in [0.05, 0.1) is 0 Å². The summed E-state index contributed by atoms with van der Waals surface area (Å²) in [5.74, 6) is -1.87. The number of carbonyl (C=O) groups is 3. The summed E-state index contributed by atoms with van der Waals surface area (Å²) in [5.41, 5.74) is 0. The summed E-state index contributed by atoms with van der Waals surface area (Å²) in [5, 5.41) is 0. The van der Waals surface area contributed by atoms with Crippen LogP contribution in [0.4, 0.5) is 4.39 Å². The van der Waals surface area contributed by atoms with Gasteiger partial charge < -0.3 is 18.9 Å². The molecule has 0 bridgehead atoms. The van der Waals surface area contributed by atoms with Gasteiger partial charge in [0.15, 0.2) is 12.2 Å². The van der Waals surface area contributed by atoms with Gasteiger partial charge in [0.25, 0.3) is 0 Å². The smallest absolute Gasteiger partial charge is 0.303 e. The Balaban J connectivity index is 2.94. The van der Waals surface area contributed by atoms with E-state index in [0.717, 1.165) is 13.8 Å². The molecule has 7 nitrogen and oxygen atoms in total. The Hall–Kier alpha value is -0.970. The largest absolute Gasteiger partial charge is 0.463 e. The fourth-order valence-electron chi connectivity index (χ4n) is 1.85. The summed E-state index contributed by atoms with van der Waals surface area (Å²) in [6.07, 6.45) is -4.89. The molecule has 1 heterocycles. The highest BCUT2D eigenvalue weighted by atomic mass is 127. The standard InChI is InChI=1S/C12H16FIO7/c1-5(15)18-4-8-10(19-6(2)16)11(20-7(3)17)9(14)12(13)21-8/h8-12H,4H2,1-3H3/t8-,9+,10-,11-,12+/m1/s1. The topological polar surface area (TPSA) is 88.1 Å². The Labute approximate surface area is 134 Å². The Kier molecular flexibility index (Phi) is 6.78. The monoisotopic (exact) mass is 418 g/mol. The summed E-state index contributed by atoms with van der Waals surface area (Å²) < 4.78 is 32.9. The highest BCUT2D eigenvalue weighted by Crippen LogP contribution is 2.32. The lowest BCUT2D eigenvalue weighted by Crippen LogP contribution is -2.58. The number of carbonyl (C=O) groups excluding carboxylic acids is 3. The van der Waals surface area contributed by atoms with Gasteiger partial charge in [0.2, 0.25) is 6.36 Å². The molecule has 0 aromatic heterocycles. The first kappa shape index (κ1) is 18.1. The van der Waals surface area contributed by atoms with Crippen molar-refractivity contribution in [2.45, 2.75) is 49.4 Å². The van der Waals surface area contributed by atoms with Crippen molar-refractivity contribution in [2.24, 2.45) is 0 Å². The minimum absolute atomic E-state index is 0.311. The van der Waals surface area contributed by atoms with E-state index in [4.69, 9.17) is 18.9 Å². The molecule has 5 atom stereocenters. The average molecular weight is 418 g/mol. The van der Waals surface area contributed by atoms with Crippen molar-refractivity contribution in [3.63, 3.8) is 0 Å². The number of alkyl halides is 2. The third-order valence-corrected chi connectivity index (χ3v) is 3.89. The van der Waals surface area contributed by atoms with Crippen LogP contribution in [-0.2, 0) is 33.3 Å². The van der Waals surface area contributed by atoms with Crippen LogP contribution in [0.15, 0.2) is 0 Å². The zero-order valence-corrected chi connectivity index (χ0v) is 13.9. The predicted octanol–water partition coefficient (Wildman–Crippen LogP) is 0.911. The minimum Gasteiger partial charge on any atom is -0.463 e. The van der Waals surface area contributed by atoms with E-state index < -0.39 is 46.5 Å². The highest BCUT2D eigenvalue weighted by Gasteiger charge is 2.49. The van der Waals surface area contributed by atoms with E-state index in [0.29, 0.717) is 0 Å². The Morgan fingerprint density at radius 3 is 2.05 bits per heavy atom. The molecular formula is C12H16FIO7. The number of ether oxygens (including phenoxy) is 4. The van der Waals surface area contributed by atoms with Crippen LogP contribution < -0.4 is 0 Å². The average Bonchev–Trinajstić information content (AvgIpc) is 2.35. The van der Waals surface area contributed by atoms with Gasteiger partial charge in [0, 0.05) is 20.8 Å². The fraction of sp³-hybridized carbons (Fsp3) is 0.750. The minimum atomic E-state index is -1.75. The van der Waals surface area contributed by atoms with Crippen LogP contribution in [0, 0.1) is 0 Å². The summed E-state index contributed by atoms with van der Waals surface area (Å²) in [6.45, 7) is 3.20. The van der Waals surface area contributed by atoms with Gasteiger partial charge in [-0.2, -0.15) is 0 Å². The first-order chi connectivity index (χ1) is 9.72. The van der Waals surface area contributed by atoms with Gasteiger partial charge >= 0.3 is 17.9 Å². The summed E-state index contributed by atoms with van der Waals surface area (Å²) >= 11 is 1.72. The third-order valence-electron chi connectivity index (χ3n) is 2.61. The molecule has 0 N–H and O–H groups in total. The SMILES string of the molecule is CC(=O)OC[C@H]1O[C@H](F)[C@@H](I)[C@@H](OC(C)=O)[C@@H]1OC(C)=O. The first-order valence-corrected chi connectivity index (χ1v) is 7.38. The molecule has 0 aromatic carbocycles. The van der Waals surface area contributed by atoms with Crippen LogP contribution in [0.25, 0.3) is 0 Å². The van der Waals surface area contributed by atoms with Gasteiger partial charge in [-0.1, -0.05) is 22.6 Å². The second-order valence-electron chi connectivity index (χ2n) is 4.42. The lowest BCUT2D eigenvalue weighted by Gasteiger charge is -2.40. The van der Waals surface area contributed by atoms with Crippen LogP contribution in [-0.4, -0.2) is 53.1 Å². The molecule has 0 saturated carbocycles. The van der Waals surface area contributed by atoms with Gasteiger partial charge in [-0.15, -0.1) is 0 Å². The Morgan fingerprint density at radius 2 is 1.57 bits per heavy atom. The fourth-order valence-corrected chi connectivity index (χ4v) is 2.58. The molecule has 120 valence electrons. The zero-order valence-electron chi connectivity index (χ0n) is 11.7. The first-order valence-electron chi connectivity index (χ1n) is 6.13. The van der Waals surface area contributed by atoms with Crippen LogP contribution in [0.3, 0.4) is 0 Å². The molecule has 0 spiro atoms. The third kappa shape index (κ3) is 5.38. The van der Waals surface area contributed by atoms with Crippen molar-refractivity contribution >= 4 is 40.5 Å². The maximum Gasteiger partial charge on any atom is 0.303 e. The van der Waals surface area contributed by atoms with E-state index in [-0.39, 0.29) is 6.61 Å². The lowest BCUT2D eigenvalue weighted by atomic mass is 10.0. The zero-order chi connectivity index (χ0) is 16.2. The maximum atomic E-state index is 13.9. The number of hydrogen-bond acceptors (Lipinski definition) is 7. The Bertz CT molecular complexity index is 416. The van der Waals surface area contributed by atoms with Crippen molar-refractivity contribution < 1.29 is 37.7 Å². The van der Waals surface area contributed by atoms with Crippen molar-refractivity contribution in [3.8, 4) is 0 Å². The van der Waals surface area contributed by atoms with E-state index in [2.05, 4.69) is 0 Å². The van der Waals surface area contributed by atoms with E-state index in [1.807, 2.05) is 0 Å². The molecule has 0 aliphatic carbocycles. The van der Waals surface area contributed by atoms with E-state index in [9.17, 15) is 18.8 Å². The highest BCUT2D eigenvalue weighted by molar-refractivity contribution is 14.1. The molecule has 0 radical (unpaired) electrons. The second-order valence-corrected chi connectivity index (χ2v) is 5.86. The van der Waals surface area contributed by atoms with Gasteiger partial charge in [0.1, 0.15) is 16.6 Å². The maximum absolute atomic E-state index is 13.9. The number of rotatable bonds is 4. The van der Waals surface area contributed by atoms with Crippen molar-refractivity contribution in [2.75, 3.05) is 6.61 Å². The number of halogens is 2. The molecule has 9 heteroatoms. The molecule has 1 aliphatic heterocycles. The van der Waals surface area contributed by atoms with Crippen LogP contribution >= 0.6 is 22.6 Å². The Morgan fingerprint density at radius 1 is 1.05 bits per heavy atom. The molecular weight excluding hydrogens is 402 g/mol. The van der Waals surface area contributed by atoms with E-state index in [1.54, 1.807) is 22.6 Å². The molecule has 1 rings (SSSR count). The van der Waals surface area contributed by atoms with E-state index >= 15 is 0 Å². The predicted molar refractivity (Wildman–Crippen MR) is 75.3 cm³/mol. The summed E-state index contributed by atoms with van der Waals surface area (Å²) in [4.78, 5) is 33.2. The van der Waals surface area contributed by atoms with Gasteiger partial charge in [-0.05, 0) is 0 Å². The molecule has 0 aromatic rings. The quantitative estimate of drug-likeness (QED) is 0.290. The molecule has 21 heavy (non-hydrogen) atoms. The molecule has 0 unspecified atom stereocenters. The van der Waals surface area contributed by atoms with Crippen molar-refractivity contribution in [1.82, 2.24) is 0 Å². The van der Waals surface area contributed by atoms with Crippen molar-refractivity contribution in [1.29, 1.82) is 0 Å².